The molecule has 0 aliphatic heterocycles. The maximum absolute atomic E-state index is 13.2. The van der Waals surface area contributed by atoms with E-state index in [0.29, 0.717) is 16.9 Å². The molecule has 0 bridgehead atoms. The highest BCUT2D eigenvalue weighted by molar-refractivity contribution is 5.78. The van der Waals surface area contributed by atoms with Gasteiger partial charge in [-0.05, 0) is 36.8 Å². The number of carbonyl (C=O) groups excluding carboxylic acids is 1. The Labute approximate surface area is 132 Å². The van der Waals surface area contributed by atoms with Gasteiger partial charge in [0.05, 0.1) is 11.6 Å². The summed E-state index contributed by atoms with van der Waals surface area (Å²) in [4.78, 5) is 11.9. The molecule has 2 aromatic rings. The average Bonchev–Trinajstić information content (AvgIpc) is 2.55. The van der Waals surface area contributed by atoms with Gasteiger partial charge in [0, 0.05) is 0 Å². The number of carbonyl (C=O) groups is 1. The monoisotopic (exact) mass is 316 g/mol. The summed E-state index contributed by atoms with van der Waals surface area (Å²) in [5, 5.41) is 11.5. The summed E-state index contributed by atoms with van der Waals surface area (Å²) >= 11 is 0. The number of nitrogens with one attached hydrogen (secondary N) is 1. The fraction of sp³-hybridized carbons (Fsp3) is 0.176. The van der Waals surface area contributed by atoms with Crippen molar-refractivity contribution in [3.63, 3.8) is 0 Å². The Morgan fingerprint density at radius 1 is 1.26 bits per heavy atom. The Kier molecular flexibility index (Phi) is 5.26. The molecule has 6 heteroatoms. The van der Waals surface area contributed by atoms with Crippen LogP contribution in [0.5, 0.6) is 5.75 Å². The molecule has 0 saturated heterocycles. The molecular weight excluding hydrogens is 302 g/mol. The average molecular weight is 316 g/mol. The molecule has 1 amide bonds. The highest BCUT2D eigenvalue weighted by Crippen LogP contribution is 2.17. The van der Waals surface area contributed by atoms with Gasteiger partial charge in [0.2, 0.25) is 0 Å². The second-order valence-corrected chi connectivity index (χ2v) is 4.86. The normalized spacial score (nSPS) is 11.4. The zero-order valence-electron chi connectivity index (χ0n) is 12.3. The minimum Gasteiger partial charge on any atom is -0.482 e. The lowest BCUT2D eigenvalue weighted by atomic mass is 10.1. The SMILES string of the molecule is CC(NC(=O)COc1ccccc1C#N)c1ccc(F)c(F)c1. The number of rotatable bonds is 5. The molecule has 0 fully saturated rings. The van der Waals surface area contributed by atoms with Gasteiger partial charge in [0.1, 0.15) is 11.8 Å². The topological polar surface area (TPSA) is 62.1 Å². The fourth-order valence-corrected chi connectivity index (χ4v) is 1.98. The molecule has 2 rings (SSSR count). The van der Waals surface area contributed by atoms with E-state index in [0.717, 1.165) is 12.1 Å². The number of hydrogen-bond acceptors (Lipinski definition) is 3. The van der Waals surface area contributed by atoms with E-state index in [-0.39, 0.29) is 6.61 Å². The number of halogens is 2. The van der Waals surface area contributed by atoms with Crippen molar-refractivity contribution in [1.29, 1.82) is 5.26 Å². The molecule has 0 saturated carbocycles. The van der Waals surface area contributed by atoms with Crippen LogP contribution < -0.4 is 10.1 Å². The first-order chi connectivity index (χ1) is 11.0. The number of para-hydroxylation sites is 1. The fourth-order valence-electron chi connectivity index (χ4n) is 1.98. The zero-order chi connectivity index (χ0) is 16.8. The molecule has 1 atom stereocenters. The lowest BCUT2D eigenvalue weighted by molar-refractivity contribution is -0.123. The molecule has 0 heterocycles. The number of benzene rings is 2. The number of nitrogens with zero attached hydrogens (tertiary/aromatic N) is 1. The highest BCUT2D eigenvalue weighted by Gasteiger charge is 2.13. The van der Waals surface area contributed by atoms with E-state index >= 15 is 0 Å². The number of amides is 1. The van der Waals surface area contributed by atoms with Crippen molar-refractivity contribution in [1.82, 2.24) is 5.32 Å². The zero-order valence-corrected chi connectivity index (χ0v) is 12.3. The van der Waals surface area contributed by atoms with Crippen molar-refractivity contribution in [3.8, 4) is 11.8 Å². The van der Waals surface area contributed by atoms with Crippen molar-refractivity contribution in [3.05, 3.63) is 65.2 Å². The Bertz CT molecular complexity index is 756. The van der Waals surface area contributed by atoms with Crippen molar-refractivity contribution < 1.29 is 18.3 Å². The molecule has 23 heavy (non-hydrogen) atoms. The van der Waals surface area contributed by atoms with Gasteiger partial charge in [0.15, 0.2) is 18.2 Å². The molecule has 2 aromatic carbocycles. The van der Waals surface area contributed by atoms with Crippen LogP contribution in [0.4, 0.5) is 8.78 Å². The summed E-state index contributed by atoms with van der Waals surface area (Å²) < 4.78 is 31.4. The van der Waals surface area contributed by atoms with Gasteiger partial charge in [-0.3, -0.25) is 4.79 Å². The molecular formula is C17H14F2N2O2. The van der Waals surface area contributed by atoms with Crippen LogP contribution in [-0.2, 0) is 4.79 Å². The molecule has 0 spiro atoms. The van der Waals surface area contributed by atoms with Crippen LogP contribution in [0.1, 0.15) is 24.1 Å². The number of hydrogen-bond donors (Lipinski definition) is 1. The first kappa shape index (κ1) is 16.4. The maximum atomic E-state index is 13.2. The molecule has 118 valence electrons. The van der Waals surface area contributed by atoms with E-state index < -0.39 is 23.6 Å². The molecule has 0 aliphatic rings. The van der Waals surface area contributed by atoms with E-state index in [2.05, 4.69) is 5.32 Å². The van der Waals surface area contributed by atoms with Crippen LogP contribution in [0.2, 0.25) is 0 Å². The van der Waals surface area contributed by atoms with Crippen molar-refractivity contribution in [2.24, 2.45) is 0 Å². The Hall–Kier alpha value is -2.94. The van der Waals surface area contributed by atoms with Crippen LogP contribution in [0.3, 0.4) is 0 Å². The summed E-state index contributed by atoms with van der Waals surface area (Å²) in [5.74, 6) is -2.04. The molecule has 1 unspecified atom stereocenters. The first-order valence-electron chi connectivity index (χ1n) is 6.87. The van der Waals surface area contributed by atoms with Crippen LogP contribution in [0.15, 0.2) is 42.5 Å². The maximum Gasteiger partial charge on any atom is 0.258 e. The number of nitriles is 1. The summed E-state index contributed by atoms with van der Waals surface area (Å²) in [6.45, 7) is 1.36. The largest absolute Gasteiger partial charge is 0.482 e. The summed E-state index contributed by atoms with van der Waals surface area (Å²) in [6.07, 6.45) is 0. The quantitative estimate of drug-likeness (QED) is 0.922. The summed E-state index contributed by atoms with van der Waals surface area (Å²) in [6, 6.07) is 11.4. The third-order valence-electron chi connectivity index (χ3n) is 3.19. The van der Waals surface area contributed by atoms with Crippen molar-refractivity contribution in [2.45, 2.75) is 13.0 Å². The van der Waals surface area contributed by atoms with Gasteiger partial charge < -0.3 is 10.1 Å². The van der Waals surface area contributed by atoms with Gasteiger partial charge in [-0.15, -0.1) is 0 Å². The predicted octanol–water partition coefficient (Wildman–Crippen LogP) is 3.09. The third-order valence-corrected chi connectivity index (χ3v) is 3.19. The minimum absolute atomic E-state index is 0.285. The van der Waals surface area contributed by atoms with Gasteiger partial charge in [-0.1, -0.05) is 18.2 Å². The summed E-state index contributed by atoms with van der Waals surface area (Å²) in [5.41, 5.74) is 0.767. The highest BCUT2D eigenvalue weighted by atomic mass is 19.2. The lowest BCUT2D eigenvalue weighted by Crippen LogP contribution is -2.31. The van der Waals surface area contributed by atoms with Crippen LogP contribution in [0, 0.1) is 23.0 Å². The standard InChI is InChI=1S/C17H14F2N2O2/c1-11(12-6-7-14(18)15(19)8-12)21-17(22)10-23-16-5-3-2-4-13(16)9-20/h2-8,11H,10H2,1H3,(H,21,22). The minimum atomic E-state index is -0.970. The van der Waals surface area contributed by atoms with Gasteiger partial charge in [-0.2, -0.15) is 5.26 Å². The third kappa shape index (κ3) is 4.27. The molecule has 1 N–H and O–H groups in total. The van der Waals surface area contributed by atoms with E-state index in [1.165, 1.54) is 6.07 Å². The second kappa shape index (κ2) is 7.36. The van der Waals surface area contributed by atoms with Crippen LogP contribution in [-0.4, -0.2) is 12.5 Å². The smallest absolute Gasteiger partial charge is 0.258 e. The van der Waals surface area contributed by atoms with E-state index in [9.17, 15) is 13.6 Å². The van der Waals surface area contributed by atoms with Crippen molar-refractivity contribution >= 4 is 5.91 Å². The first-order valence-corrected chi connectivity index (χ1v) is 6.87. The van der Waals surface area contributed by atoms with Gasteiger partial charge in [-0.25, -0.2) is 8.78 Å². The van der Waals surface area contributed by atoms with E-state index in [1.54, 1.807) is 31.2 Å². The molecule has 0 aliphatic carbocycles. The molecule has 0 radical (unpaired) electrons. The van der Waals surface area contributed by atoms with Crippen LogP contribution >= 0.6 is 0 Å². The van der Waals surface area contributed by atoms with Gasteiger partial charge >= 0.3 is 0 Å². The Morgan fingerprint density at radius 3 is 2.70 bits per heavy atom. The van der Waals surface area contributed by atoms with Crippen LogP contribution in [0.25, 0.3) is 0 Å². The Morgan fingerprint density at radius 2 is 2.00 bits per heavy atom. The van der Waals surface area contributed by atoms with E-state index in [1.807, 2.05) is 6.07 Å². The summed E-state index contributed by atoms with van der Waals surface area (Å²) in [7, 11) is 0. The molecule has 0 aromatic heterocycles. The van der Waals surface area contributed by atoms with Crippen molar-refractivity contribution in [2.75, 3.05) is 6.61 Å². The lowest BCUT2D eigenvalue weighted by Gasteiger charge is -2.15. The Balaban J connectivity index is 1.94. The number of ether oxygens (including phenoxy) is 1. The molecule has 4 nitrogen and oxygen atoms in total. The predicted molar refractivity (Wildman–Crippen MR) is 79.6 cm³/mol. The van der Waals surface area contributed by atoms with Gasteiger partial charge in [0.25, 0.3) is 5.91 Å². The second-order valence-electron chi connectivity index (χ2n) is 4.86. The van der Waals surface area contributed by atoms with E-state index in [4.69, 9.17) is 10.00 Å².